The van der Waals surface area contributed by atoms with E-state index in [1.165, 1.54) is 29.1 Å². The van der Waals surface area contributed by atoms with Crippen molar-refractivity contribution in [3.8, 4) is 11.6 Å². The lowest BCUT2D eigenvalue weighted by Gasteiger charge is -2.45. The largest absolute Gasteiger partial charge is 0.490 e. The summed E-state index contributed by atoms with van der Waals surface area (Å²) in [5, 5.41) is 16.2. The zero-order valence-corrected chi connectivity index (χ0v) is 30.4. The van der Waals surface area contributed by atoms with Crippen LogP contribution < -0.4 is 14.4 Å². The minimum Gasteiger partial charge on any atom is -0.490 e. The Hall–Kier alpha value is -3.67. The molecule has 1 fully saturated rings. The number of aliphatic hydroxyl groups excluding tert-OH is 1. The van der Waals surface area contributed by atoms with Crippen LogP contribution >= 0.6 is 11.6 Å². The topological polar surface area (TPSA) is 123 Å². The fourth-order valence-electron chi connectivity index (χ4n) is 8.33. The molecule has 50 heavy (non-hydrogen) atoms. The number of carbonyl (C=O) groups excluding carboxylic acids is 2. The number of nitrogens with zero attached hydrogens (tertiary/aromatic N) is 4. The number of benzene rings is 2. The number of halogens is 1. The highest BCUT2D eigenvalue weighted by atomic mass is 35.5. The molecule has 2 aliphatic heterocycles. The third-order valence-corrected chi connectivity index (χ3v) is 13.5. The normalized spacial score (nSPS) is 30.2. The van der Waals surface area contributed by atoms with Crippen LogP contribution in [-0.4, -0.2) is 75.2 Å². The Labute approximate surface area is 299 Å². The Balaban J connectivity index is 1.30. The number of rotatable bonds is 4. The van der Waals surface area contributed by atoms with E-state index in [9.17, 15) is 18.9 Å². The van der Waals surface area contributed by atoms with E-state index in [2.05, 4.69) is 26.5 Å². The predicted octanol–water partition coefficient (Wildman–Crippen LogP) is 6.03. The van der Waals surface area contributed by atoms with Gasteiger partial charge in [-0.15, -0.1) is 5.10 Å². The molecular weight excluding hydrogens is 676 g/mol. The summed E-state index contributed by atoms with van der Waals surface area (Å²) in [5.41, 5.74) is 3.46. The lowest BCUT2D eigenvalue weighted by Crippen LogP contribution is -2.49. The number of aryl methyl sites for hydroxylation is 2. The molecule has 0 saturated heterocycles. The molecule has 2 aliphatic carbocycles. The van der Waals surface area contributed by atoms with Gasteiger partial charge in [0.25, 0.3) is 5.91 Å². The minimum absolute atomic E-state index is 0.0334. The van der Waals surface area contributed by atoms with E-state index >= 15 is 0 Å². The van der Waals surface area contributed by atoms with E-state index in [0.29, 0.717) is 31.9 Å². The molecule has 1 aromatic heterocycles. The third kappa shape index (κ3) is 6.84. The molecule has 2 aromatic carbocycles. The number of carbonyl (C=O) groups is 2. The van der Waals surface area contributed by atoms with Crippen molar-refractivity contribution in [2.45, 2.75) is 57.0 Å². The van der Waals surface area contributed by atoms with Gasteiger partial charge in [-0.1, -0.05) is 36.7 Å². The summed E-state index contributed by atoms with van der Waals surface area (Å²) < 4.78 is 32.3. The van der Waals surface area contributed by atoms with Gasteiger partial charge >= 0.3 is 0 Å². The number of ether oxygens (including phenoxy) is 2. The number of fused-ring (bicyclic) bond motifs is 4. The standard InChI is InChI=1S/C38H45ClN4O6S/c1-24-6-4-8-33(44)29-12-9-27(29)18-43-22-38(15-5-7-25-16-28(39)11-13-31(25)38)23-49-35-14-10-26(17-32(35)43)36(46)41-50(47,20-24)21-34(45)30-19-42(2)40-37(30)48-3/h4,8,10-11,13-14,16-17,19,24,27,29,33,44H,5-7,9,12,15,18,20-23H2,1-3H3/b8-4-/t24-,27-,29+,33-,38-,50+/m0/s1. The SMILES string of the molecule is COc1nn(C)cc1C(=O)C[S@@]1(=O)=NC(=O)c2ccc3c(c2)N(C[C@@H]2CC[C@H]2[C@@H](O)/C=C\C[C@H](C)C1)C[C@@]1(CCCc2cc(Cl)ccc21)CO3. The molecule has 1 spiro atoms. The van der Waals surface area contributed by atoms with Gasteiger partial charge < -0.3 is 19.5 Å². The van der Waals surface area contributed by atoms with Crippen LogP contribution in [0.15, 0.2) is 59.1 Å². The van der Waals surface area contributed by atoms with Crippen LogP contribution in [-0.2, 0) is 28.6 Å². The predicted molar refractivity (Wildman–Crippen MR) is 194 cm³/mol. The van der Waals surface area contributed by atoms with Gasteiger partial charge in [-0.2, -0.15) is 4.36 Å². The number of allylic oxidation sites excluding steroid dienone is 1. The lowest BCUT2D eigenvalue weighted by atomic mass is 9.68. The smallest absolute Gasteiger partial charge is 0.285 e. The highest BCUT2D eigenvalue weighted by Gasteiger charge is 2.44. The number of ketones is 1. The molecule has 0 unspecified atom stereocenters. The van der Waals surface area contributed by atoms with Crippen LogP contribution in [0.1, 0.15) is 70.9 Å². The molecule has 12 heteroatoms. The summed E-state index contributed by atoms with van der Waals surface area (Å²) in [5.74, 6) is -0.513. The van der Waals surface area contributed by atoms with Crippen LogP contribution in [0.3, 0.4) is 0 Å². The zero-order valence-electron chi connectivity index (χ0n) is 28.8. The number of methoxy groups -OCH3 is 1. The first-order valence-electron chi connectivity index (χ1n) is 17.5. The van der Waals surface area contributed by atoms with E-state index in [0.717, 1.165) is 42.8 Å². The number of anilines is 1. The third-order valence-electron chi connectivity index (χ3n) is 11.0. The minimum atomic E-state index is -3.37. The van der Waals surface area contributed by atoms with Gasteiger partial charge in [0.05, 0.1) is 41.0 Å². The van der Waals surface area contributed by atoms with Crippen molar-refractivity contribution >= 4 is 38.7 Å². The second-order valence-electron chi connectivity index (χ2n) is 14.7. The Morgan fingerprint density at radius 2 is 2.06 bits per heavy atom. The van der Waals surface area contributed by atoms with Gasteiger partial charge in [0.1, 0.15) is 11.3 Å². The van der Waals surface area contributed by atoms with Crippen molar-refractivity contribution in [1.82, 2.24) is 9.78 Å². The van der Waals surface area contributed by atoms with Crippen LogP contribution in [0.5, 0.6) is 11.6 Å². The first-order valence-corrected chi connectivity index (χ1v) is 19.7. The number of hydrogen-bond acceptors (Lipinski definition) is 8. The maximum absolute atomic E-state index is 14.6. The molecular formula is C38H45ClN4O6S. The number of aromatic nitrogens is 2. The average molecular weight is 721 g/mol. The molecule has 2 bridgehead atoms. The van der Waals surface area contributed by atoms with E-state index in [1.54, 1.807) is 19.2 Å². The molecule has 266 valence electrons. The molecule has 0 radical (unpaired) electrons. The lowest BCUT2D eigenvalue weighted by molar-refractivity contribution is 0.0456. The molecule has 1 saturated carbocycles. The number of Topliss-reactive ketones (excluding diaryl/α,β-unsaturated/α-hetero) is 1. The van der Waals surface area contributed by atoms with Gasteiger partial charge in [-0.25, -0.2) is 4.21 Å². The quantitative estimate of drug-likeness (QED) is 0.256. The van der Waals surface area contributed by atoms with Crippen molar-refractivity contribution in [3.05, 3.63) is 82.0 Å². The Morgan fingerprint density at radius 3 is 2.84 bits per heavy atom. The summed E-state index contributed by atoms with van der Waals surface area (Å²) in [6.45, 7) is 3.77. The summed E-state index contributed by atoms with van der Waals surface area (Å²) in [6, 6.07) is 11.5. The van der Waals surface area contributed by atoms with E-state index in [4.69, 9.17) is 21.1 Å². The fourth-order valence-corrected chi connectivity index (χ4v) is 10.8. The molecule has 6 atom stereocenters. The van der Waals surface area contributed by atoms with Gasteiger partial charge in [0.2, 0.25) is 5.88 Å². The maximum Gasteiger partial charge on any atom is 0.285 e. The van der Waals surface area contributed by atoms with Crippen molar-refractivity contribution in [2.75, 3.05) is 43.2 Å². The molecule has 10 nitrogen and oxygen atoms in total. The van der Waals surface area contributed by atoms with E-state index < -0.39 is 33.3 Å². The van der Waals surface area contributed by atoms with Crippen molar-refractivity contribution < 1.29 is 28.4 Å². The van der Waals surface area contributed by atoms with Crippen LogP contribution in [0.2, 0.25) is 5.02 Å². The maximum atomic E-state index is 14.6. The Kier molecular flexibility index (Phi) is 9.60. The second-order valence-corrected chi connectivity index (χ2v) is 17.5. The number of aliphatic hydroxyl groups is 1. The Morgan fingerprint density at radius 1 is 1.22 bits per heavy atom. The van der Waals surface area contributed by atoms with Crippen molar-refractivity contribution in [2.24, 2.45) is 29.2 Å². The molecule has 4 aliphatic rings. The van der Waals surface area contributed by atoms with E-state index in [1.807, 2.05) is 31.2 Å². The fraction of sp³-hybridized carbons (Fsp3) is 0.500. The highest BCUT2D eigenvalue weighted by molar-refractivity contribution is 7.94. The van der Waals surface area contributed by atoms with Crippen molar-refractivity contribution in [1.29, 1.82) is 0 Å². The summed E-state index contributed by atoms with van der Waals surface area (Å²) in [6.07, 6.45) is 10.1. The first-order chi connectivity index (χ1) is 24.0. The number of hydrogen-bond donors (Lipinski definition) is 1. The van der Waals surface area contributed by atoms with Crippen LogP contribution in [0.25, 0.3) is 0 Å². The molecule has 3 heterocycles. The Bertz CT molecular complexity index is 1970. The first kappa shape index (κ1) is 34.8. The van der Waals surface area contributed by atoms with Gasteiger partial charge in [-0.05, 0) is 97.7 Å². The van der Waals surface area contributed by atoms with E-state index in [-0.39, 0.29) is 45.9 Å². The van der Waals surface area contributed by atoms with Gasteiger partial charge in [0.15, 0.2) is 5.78 Å². The summed E-state index contributed by atoms with van der Waals surface area (Å²) in [4.78, 5) is 29.9. The van der Waals surface area contributed by atoms with Gasteiger partial charge in [0, 0.05) is 48.1 Å². The van der Waals surface area contributed by atoms with Crippen LogP contribution in [0, 0.1) is 17.8 Å². The molecule has 3 aromatic rings. The number of amides is 1. The summed E-state index contributed by atoms with van der Waals surface area (Å²) in [7, 11) is -0.279. The summed E-state index contributed by atoms with van der Waals surface area (Å²) >= 11 is 6.43. The zero-order chi connectivity index (χ0) is 35.2. The molecule has 1 N–H and O–H groups in total. The van der Waals surface area contributed by atoms with Gasteiger partial charge in [-0.3, -0.25) is 14.3 Å². The second kappa shape index (κ2) is 13.8. The van der Waals surface area contributed by atoms with Crippen molar-refractivity contribution in [3.63, 3.8) is 0 Å². The molecule has 7 rings (SSSR count). The monoisotopic (exact) mass is 720 g/mol. The van der Waals surface area contributed by atoms with Crippen LogP contribution in [0.4, 0.5) is 5.69 Å². The average Bonchev–Trinajstić information content (AvgIpc) is 3.37. The highest BCUT2D eigenvalue weighted by Crippen LogP contribution is 2.47. The molecule has 1 amide bonds.